The van der Waals surface area contributed by atoms with Crippen molar-refractivity contribution in [3.8, 4) is 5.69 Å². The van der Waals surface area contributed by atoms with Gasteiger partial charge < -0.3 is 14.0 Å². The van der Waals surface area contributed by atoms with Crippen LogP contribution in [0.5, 0.6) is 0 Å². The molecule has 0 aliphatic heterocycles. The van der Waals surface area contributed by atoms with Gasteiger partial charge in [0, 0.05) is 10.7 Å². The van der Waals surface area contributed by atoms with Crippen molar-refractivity contribution in [3.63, 3.8) is 0 Å². The molecule has 0 radical (unpaired) electrons. The molecule has 0 bridgehead atoms. The molecular weight excluding hydrogens is 395 g/mol. The van der Waals surface area contributed by atoms with Gasteiger partial charge in [-0.3, -0.25) is 0 Å². The fourth-order valence-corrected chi connectivity index (χ4v) is 2.61. The Bertz CT molecular complexity index is 799. The molecule has 0 aliphatic carbocycles. The third-order valence-electron chi connectivity index (χ3n) is 3.17. The summed E-state index contributed by atoms with van der Waals surface area (Å²) < 4.78 is 50.7. The summed E-state index contributed by atoms with van der Waals surface area (Å²) >= 11 is 3.11. The molecule has 0 atom stereocenters. The van der Waals surface area contributed by atoms with Crippen molar-refractivity contribution in [2.45, 2.75) is 6.18 Å². The van der Waals surface area contributed by atoms with Gasteiger partial charge in [0.1, 0.15) is 5.69 Å². The van der Waals surface area contributed by atoms with E-state index < -0.39 is 29.4 Å². The summed E-state index contributed by atoms with van der Waals surface area (Å²) in [6.45, 7) is 0. The minimum atomic E-state index is -4.75. The third kappa shape index (κ3) is 3.30. The Morgan fingerprint density at radius 2 is 1.75 bits per heavy atom. The van der Waals surface area contributed by atoms with Crippen LogP contribution in [-0.4, -0.2) is 30.7 Å². The molecule has 0 amide bonds. The Labute approximate surface area is 143 Å². The first-order valence-corrected chi connectivity index (χ1v) is 7.25. The van der Waals surface area contributed by atoms with Crippen molar-refractivity contribution >= 4 is 27.9 Å². The van der Waals surface area contributed by atoms with E-state index >= 15 is 0 Å². The highest BCUT2D eigenvalue weighted by atomic mass is 79.9. The van der Waals surface area contributed by atoms with Crippen LogP contribution in [0.25, 0.3) is 5.69 Å². The molecule has 0 aliphatic rings. The molecule has 0 unspecified atom stereocenters. The lowest BCUT2D eigenvalue weighted by Crippen LogP contribution is -2.18. The number of esters is 2. The Hall–Kier alpha value is -2.29. The largest absolute Gasteiger partial charge is 0.465 e. The number of benzene rings is 1. The highest BCUT2D eigenvalue weighted by Crippen LogP contribution is 2.37. The van der Waals surface area contributed by atoms with Gasteiger partial charge in [-0.15, -0.1) is 0 Å². The van der Waals surface area contributed by atoms with Crippen LogP contribution in [0.3, 0.4) is 0 Å². The van der Waals surface area contributed by atoms with Gasteiger partial charge in [-0.05, 0) is 34.1 Å². The van der Waals surface area contributed by atoms with E-state index in [-0.39, 0.29) is 11.3 Å². The average Bonchev–Trinajstić information content (AvgIpc) is 2.93. The van der Waals surface area contributed by atoms with Crippen LogP contribution in [0.2, 0.25) is 0 Å². The van der Waals surface area contributed by atoms with Crippen molar-refractivity contribution in [2.75, 3.05) is 14.2 Å². The van der Waals surface area contributed by atoms with E-state index in [1.165, 1.54) is 18.3 Å². The maximum atomic E-state index is 13.4. The second-order valence-electron chi connectivity index (χ2n) is 4.60. The molecule has 0 fully saturated rings. The first-order valence-electron chi connectivity index (χ1n) is 6.45. The summed E-state index contributed by atoms with van der Waals surface area (Å²) in [5.41, 5.74) is -2.10. The Morgan fingerprint density at radius 1 is 1.12 bits per heavy atom. The molecule has 5 nitrogen and oxygen atoms in total. The Balaban J connectivity index is 2.87. The lowest BCUT2D eigenvalue weighted by atomic mass is 10.1. The number of halogens is 4. The van der Waals surface area contributed by atoms with Crippen LogP contribution in [0.15, 0.2) is 34.9 Å². The topological polar surface area (TPSA) is 57.5 Å². The number of para-hydroxylation sites is 1. The number of rotatable bonds is 3. The summed E-state index contributed by atoms with van der Waals surface area (Å²) in [7, 11) is 2.16. The molecule has 0 saturated carbocycles. The van der Waals surface area contributed by atoms with Crippen molar-refractivity contribution in [1.29, 1.82) is 0 Å². The van der Waals surface area contributed by atoms with Crippen molar-refractivity contribution in [3.05, 3.63) is 51.8 Å². The van der Waals surface area contributed by atoms with Gasteiger partial charge in [-0.25, -0.2) is 9.59 Å². The maximum Gasteiger partial charge on any atom is 0.418 e. The van der Waals surface area contributed by atoms with Crippen molar-refractivity contribution in [2.24, 2.45) is 0 Å². The molecule has 24 heavy (non-hydrogen) atoms. The summed E-state index contributed by atoms with van der Waals surface area (Å²) in [5.74, 6) is -1.81. The van der Waals surface area contributed by atoms with E-state index in [2.05, 4.69) is 25.4 Å². The lowest BCUT2D eigenvalue weighted by molar-refractivity contribution is -0.137. The molecule has 1 heterocycles. The summed E-state index contributed by atoms with van der Waals surface area (Å²) in [6, 6.07) is 4.39. The zero-order valence-corrected chi connectivity index (χ0v) is 14.1. The van der Waals surface area contributed by atoms with Gasteiger partial charge in [-0.2, -0.15) is 13.2 Å². The summed E-state index contributed by atoms with van der Waals surface area (Å²) in [4.78, 5) is 23.8. The van der Waals surface area contributed by atoms with E-state index in [1.54, 1.807) is 0 Å². The number of methoxy groups -OCH3 is 2. The molecular formula is C15H11BrF3NO4. The molecule has 2 rings (SSSR count). The van der Waals surface area contributed by atoms with E-state index in [0.29, 0.717) is 4.47 Å². The molecule has 9 heteroatoms. The van der Waals surface area contributed by atoms with Gasteiger partial charge in [0.25, 0.3) is 0 Å². The Kier molecular flexibility index (Phi) is 5.02. The zero-order chi connectivity index (χ0) is 18.1. The smallest absolute Gasteiger partial charge is 0.418 e. The van der Waals surface area contributed by atoms with Gasteiger partial charge in [0.15, 0.2) is 0 Å². The molecule has 0 N–H and O–H groups in total. The number of carbonyl (C=O) groups is 2. The number of ether oxygens (including phenoxy) is 2. The van der Waals surface area contributed by atoms with Crippen LogP contribution < -0.4 is 0 Å². The van der Waals surface area contributed by atoms with E-state index in [0.717, 1.165) is 30.9 Å². The van der Waals surface area contributed by atoms with Gasteiger partial charge in [0.2, 0.25) is 0 Å². The first-order chi connectivity index (χ1) is 11.2. The molecule has 1 aromatic heterocycles. The molecule has 0 saturated heterocycles. The SMILES string of the molecule is COC(=O)c1cccc(C(F)(F)F)c1-n1cc(Br)cc1C(=O)OC. The lowest BCUT2D eigenvalue weighted by Gasteiger charge is -2.18. The number of nitrogens with zero attached hydrogens (tertiary/aromatic N) is 1. The van der Waals surface area contributed by atoms with Gasteiger partial charge in [-0.1, -0.05) is 6.07 Å². The standard InChI is InChI=1S/C15H11BrF3NO4/c1-23-13(21)9-4-3-5-10(15(17,18)19)12(9)20-7-8(16)6-11(20)14(22)24-2/h3-7H,1-2H3. The van der Waals surface area contributed by atoms with Crippen LogP contribution in [0.1, 0.15) is 26.4 Å². The van der Waals surface area contributed by atoms with Crippen LogP contribution in [0, 0.1) is 0 Å². The minimum absolute atomic E-state index is 0.175. The molecule has 128 valence electrons. The summed E-state index contributed by atoms with van der Waals surface area (Å²) in [5, 5.41) is 0. The van der Waals surface area contributed by atoms with Gasteiger partial charge >= 0.3 is 18.1 Å². The monoisotopic (exact) mass is 405 g/mol. The summed E-state index contributed by atoms with van der Waals surface area (Å²) in [6.07, 6.45) is -3.51. The maximum absolute atomic E-state index is 13.4. The van der Waals surface area contributed by atoms with E-state index in [1.807, 2.05) is 0 Å². The van der Waals surface area contributed by atoms with Crippen LogP contribution in [-0.2, 0) is 15.7 Å². The quantitative estimate of drug-likeness (QED) is 0.728. The molecule has 2 aromatic rings. The molecule has 0 spiro atoms. The van der Waals surface area contributed by atoms with Crippen molar-refractivity contribution < 1.29 is 32.2 Å². The highest BCUT2D eigenvalue weighted by molar-refractivity contribution is 9.10. The van der Waals surface area contributed by atoms with E-state index in [9.17, 15) is 22.8 Å². The number of aromatic nitrogens is 1. The fraction of sp³-hybridized carbons (Fsp3) is 0.200. The fourth-order valence-electron chi connectivity index (χ4n) is 2.18. The second-order valence-corrected chi connectivity index (χ2v) is 5.51. The van der Waals surface area contributed by atoms with Crippen molar-refractivity contribution in [1.82, 2.24) is 4.57 Å². The van der Waals surface area contributed by atoms with Crippen LogP contribution in [0.4, 0.5) is 13.2 Å². The predicted molar refractivity (Wildman–Crippen MR) is 81.2 cm³/mol. The Morgan fingerprint density at radius 3 is 2.29 bits per heavy atom. The first kappa shape index (κ1) is 18.1. The number of hydrogen-bond donors (Lipinski definition) is 0. The predicted octanol–water partition coefficient (Wildman–Crippen LogP) is 3.83. The third-order valence-corrected chi connectivity index (χ3v) is 3.60. The normalized spacial score (nSPS) is 11.2. The molecule has 1 aromatic carbocycles. The average molecular weight is 406 g/mol. The second kappa shape index (κ2) is 6.68. The minimum Gasteiger partial charge on any atom is -0.465 e. The van der Waals surface area contributed by atoms with E-state index in [4.69, 9.17) is 0 Å². The number of carbonyl (C=O) groups excluding carboxylic acids is 2. The van der Waals surface area contributed by atoms with Gasteiger partial charge in [0.05, 0.1) is 31.0 Å². The zero-order valence-electron chi connectivity index (χ0n) is 12.5. The van der Waals surface area contributed by atoms with Crippen LogP contribution >= 0.6 is 15.9 Å². The number of alkyl halides is 3. The highest BCUT2D eigenvalue weighted by Gasteiger charge is 2.37. The number of hydrogen-bond acceptors (Lipinski definition) is 4.